The number of hydrogen-bond donors (Lipinski definition) is 2. The molecule has 0 aliphatic carbocycles. The van der Waals surface area contributed by atoms with Crippen molar-refractivity contribution in [2.24, 2.45) is 0 Å². The lowest BCUT2D eigenvalue weighted by molar-refractivity contribution is -0.120. The highest BCUT2D eigenvalue weighted by molar-refractivity contribution is 6.05. The quantitative estimate of drug-likeness (QED) is 0.475. The average molecular weight is 426 g/mol. The van der Waals surface area contributed by atoms with E-state index < -0.39 is 5.91 Å². The summed E-state index contributed by atoms with van der Waals surface area (Å²) < 4.78 is 1.28. The minimum absolute atomic E-state index is 0.104. The number of amides is 2. The Kier molecular flexibility index (Phi) is 6.36. The third-order valence-electron chi connectivity index (χ3n) is 5.00. The topological polar surface area (TPSA) is 93.1 Å². The molecule has 2 N–H and O–H groups in total. The number of rotatable bonds is 7. The van der Waals surface area contributed by atoms with Gasteiger partial charge in [0.05, 0.1) is 18.5 Å². The molecule has 32 heavy (non-hydrogen) atoms. The second-order valence-corrected chi connectivity index (χ2v) is 7.29. The van der Waals surface area contributed by atoms with E-state index >= 15 is 0 Å². The molecule has 0 aliphatic heterocycles. The van der Waals surface area contributed by atoms with Gasteiger partial charge >= 0.3 is 0 Å². The number of nitrogens with one attached hydrogen (secondary N) is 2. The van der Waals surface area contributed by atoms with E-state index in [1.54, 1.807) is 24.3 Å². The summed E-state index contributed by atoms with van der Waals surface area (Å²) in [6.45, 7) is 0.417. The summed E-state index contributed by atoms with van der Waals surface area (Å²) in [5.74, 6) is -0.831. The number of carbonyl (C=O) groups is 2. The smallest absolute Gasteiger partial charge is 0.274 e. The van der Waals surface area contributed by atoms with Crippen LogP contribution in [0.25, 0.3) is 10.8 Å². The Bertz CT molecular complexity index is 1300. The molecule has 7 heteroatoms. The number of fused-ring (bicyclic) bond motifs is 1. The summed E-state index contributed by atoms with van der Waals surface area (Å²) in [7, 11) is 0. The molecule has 0 radical (unpaired) electrons. The minimum Gasteiger partial charge on any atom is -0.350 e. The van der Waals surface area contributed by atoms with Gasteiger partial charge in [0.15, 0.2) is 5.69 Å². The average Bonchev–Trinajstić information content (AvgIpc) is 2.84. The number of nitrogens with zero attached hydrogens (tertiary/aromatic N) is 2. The van der Waals surface area contributed by atoms with Crippen molar-refractivity contribution in [3.8, 4) is 0 Å². The molecule has 4 rings (SSSR count). The van der Waals surface area contributed by atoms with Crippen LogP contribution in [0.3, 0.4) is 0 Å². The molecule has 0 atom stereocenters. The van der Waals surface area contributed by atoms with Gasteiger partial charge in [-0.3, -0.25) is 14.4 Å². The first-order chi connectivity index (χ1) is 15.6. The summed E-state index contributed by atoms with van der Waals surface area (Å²) in [6, 6.07) is 25.8. The van der Waals surface area contributed by atoms with Crippen molar-refractivity contribution in [3.63, 3.8) is 0 Å². The SMILES string of the molecule is O=C(CNC(=O)c1nn(Cc2ccccc2)c(=O)c2ccccc12)NCc1ccccc1. The molecule has 0 fully saturated rings. The van der Waals surface area contributed by atoms with Gasteiger partial charge in [0.2, 0.25) is 5.91 Å². The van der Waals surface area contributed by atoms with Crippen molar-refractivity contribution >= 4 is 22.6 Å². The lowest BCUT2D eigenvalue weighted by atomic mass is 10.1. The number of hydrogen-bond acceptors (Lipinski definition) is 4. The Balaban J connectivity index is 1.52. The van der Waals surface area contributed by atoms with Gasteiger partial charge in [-0.05, 0) is 17.2 Å². The van der Waals surface area contributed by atoms with Crippen LogP contribution in [-0.2, 0) is 17.9 Å². The summed E-state index contributed by atoms with van der Waals surface area (Å²) in [5.41, 5.74) is 1.69. The van der Waals surface area contributed by atoms with Crippen LogP contribution in [0.1, 0.15) is 21.6 Å². The van der Waals surface area contributed by atoms with E-state index in [1.807, 2.05) is 60.7 Å². The van der Waals surface area contributed by atoms with E-state index in [0.29, 0.717) is 17.3 Å². The molecule has 7 nitrogen and oxygen atoms in total. The van der Waals surface area contributed by atoms with Gasteiger partial charge in [-0.25, -0.2) is 4.68 Å². The molecule has 0 saturated carbocycles. The van der Waals surface area contributed by atoms with Crippen molar-refractivity contribution in [2.45, 2.75) is 13.1 Å². The van der Waals surface area contributed by atoms with Crippen LogP contribution in [-0.4, -0.2) is 28.1 Å². The highest BCUT2D eigenvalue weighted by Crippen LogP contribution is 2.14. The third kappa shape index (κ3) is 4.89. The van der Waals surface area contributed by atoms with Gasteiger partial charge in [-0.15, -0.1) is 0 Å². The van der Waals surface area contributed by atoms with Crippen LogP contribution in [0, 0.1) is 0 Å². The van der Waals surface area contributed by atoms with E-state index in [0.717, 1.165) is 11.1 Å². The van der Waals surface area contributed by atoms with Crippen molar-refractivity contribution in [3.05, 3.63) is 112 Å². The third-order valence-corrected chi connectivity index (χ3v) is 5.00. The Labute approximate surface area is 184 Å². The van der Waals surface area contributed by atoms with Crippen molar-refractivity contribution in [1.29, 1.82) is 0 Å². The van der Waals surface area contributed by atoms with Crippen molar-refractivity contribution in [1.82, 2.24) is 20.4 Å². The molecule has 2 amide bonds. The second kappa shape index (κ2) is 9.70. The maximum Gasteiger partial charge on any atom is 0.274 e. The van der Waals surface area contributed by atoms with E-state index in [2.05, 4.69) is 15.7 Å². The van der Waals surface area contributed by atoms with E-state index in [4.69, 9.17) is 0 Å². The molecule has 0 saturated heterocycles. The Morgan fingerprint density at radius 3 is 2.03 bits per heavy atom. The molecule has 0 bridgehead atoms. The van der Waals surface area contributed by atoms with Crippen molar-refractivity contribution in [2.75, 3.05) is 6.54 Å². The molecular formula is C25H22N4O3. The molecule has 4 aromatic rings. The zero-order valence-corrected chi connectivity index (χ0v) is 17.3. The first-order valence-electron chi connectivity index (χ1n) is 10.2. The molecule has 1 heterocycles. The lowest BCUT2D eigenvalue weighted by Crippen LogP contribution is -2.38. The molecule has 0 aliphatic rings. The highest BCUT2D eigenvalue weighted by atomic mass is 16.2. The summed E-state index contributed by atoms with van der Waals surface area (Å²) in [4.78, 5) is 38.0. The Hall–Kier alpha value is -4.26. The van der Waals surface area contributed by atoms with Gasteiger partial charge in [-0.1, -0.05) is 78.9 Å². The maximum absolute atomic E-state index is 12.9. The number of aromatic nitrogens is 2. The molecular weight excluding hydrogens is 404 g/mol. The van der Waals surface area contributed by atoms with Crippen LogP contribution in [0.4, 0.5) is 0 Å². The van der Waals surface area contributed by atoms with E-state index in [9.17, 15) is 14.4 Å². The van der Waals surface area contributed by atoms with Crippen LogP contribution in [0.2, 0.25) is 0 Å². The Morgan fingerprint density at radius 2 is 1.34 bits per heavy atom. The highest BCUT2D eigenvalue weighted by Gasteiger charge is 2.17. The standard InChI is InChI=1S/C25H22N4O3/c30-22(26-15-18-9-3-1-4-10-18)16-27-24(31)23-20-13-7-8-14-21(20)25(32)29(28-23)17-19-11-5-2-6-12-19/h1-14H,15-17H2,(H,26,30)(H,27,31). The van der Waals surface area contributed by atoms with Crippen LogP contribution in [0.5, 0.6) is 0 Å². The van der Waals surface area contributed by atoms with Crippen molar-refractivity contribution < 1.29 is 9.59 Å². The zero-order chi connectivity index (χ0) is 22.3. The van der Waals surface area contributed by atoms with Gasteiger partial charge in [-0.2, -0.15) is 5.10 Å². The predicted octanol–water partition coefficient (Wildman–Crippen LogP) is 2.49. The fourth-order valence-corrected chi connectivity index (χ4v) is 3.37. The number of benzene rings is 3. The normalized spacial score (nSPS) is 10.6. The lowest BCUT2D eigenvalue weighted by Gasteiger charge is -2.12. The van der Waals surface area contributed by atoms with Gasteiger partial charge in [0.1, 0.15) is 0 Å². The van der Waals surface area contributed by atoms with Crippen LogP contribution < -0.4 is 16.2 Å². The molecule has 1 aromatic heterocycles. The monoisotopic (exact) mass is 426 g/mol. The summed E-state index contributed by atoms with van der Waals surface area (Å²) in [6.07, 6.45) is 0. The largest absolute Gasteiger partial charge is 0.350 e. The van der Waals surface area contributed by atoms with Gasteiger partial charge in [0.25, 0.3) is 11.5 Å². The molecule has 0 spiro atoms. The predicted molar refractivity (Wildman–Crippen MR) is 122 cm³/mol. The summed E-state index contributed by atoms with van der Waals surface area (Å²) >= 11 is 0. The van der Waals surface area contributed by atoms with E-state index in [-0.39, 0.29) is 30.2 Å². The first kappa shape index (κ1) is 21.0. The fraction of sp³-hybridized carbons (Fsp3) is 0.120. The van der Waals surface area contributed by atoms with E-state index in [1.165, 1.54) is 4.68 Å². The number of carbonyl (C=O) groups excluding carboxylic acids is 2. The Morgan fingerprint density at radius 1 is 0.750 bits per heavy atom. The zero-order valence-electron chi connectivity index (χ0n) is 17.3. The van der Waals surface area contributed by atoms with Gasteiger partial charge in [0, 0.05) is 11.9 Å². The minimum atomic E-state index is -0.516. The maximum atomic E-state index is 12.9. The van der Waals surface area contributed by atoms with Crippen LogP contribution in [0.15, 0.2) is 89.7 Å². The molecule has 0 unspecified atom stereocenters. The first-order valence-corrected chi connectivity index (χ1v) is 10.2. The fourth-order valence-electron chi connectivity index (χ4n) is 3.37. The van der Waals surface area contributed by atoms with Crippen LogP contribution >= 0.6 is 0 Å². The molecule has 160 valence electrons. The molecule has 3 aromatic carbocycles. The van der Waals surface area contributed by atoms with Gasteiger partial charge < -0.3 is 10.6 Å². The summed E-state index contributed by atoms with van der Waals surface area (Å²) in [5, 5.41) is 10.6. The second-order valence-electron chi connectivity index (χ2n) is 7.29.